The summed E-state index contributed by atoms with van der Waals surface area (Å²) >= 11 is 0. The first-order chi connectivity index (χ1) is 13.1. The van der Waals surface area contributed by atoms with Gasteiger partial charge in [0.1, 0.15) is 5.75 Å². The lowest BCUT2D eigenvalue weighted by molar-refractivity contribution is -0.116. The van der Waals surface area contributed by atoms with Gasteiger partial charge in [0.2, 0.25) is 11.9 Å². The maximum absolute atomic E-state index is 12.3. The summed E-state index contributed by atoms with van der Waals surface area (Å²) in [5, 5.41) is 9.34. The zero-order valence-corrected chi connectivity index (χ0v) is 15.0. The van der Waals surface area contributed by atoms with Crippen LogP contribution in [0.4, 0.5) is 5.95 Å². The van der Waals surface area contributed by atoms with Crippen molar-refractivity contribution in [1.82, 2.24) is 20.1 Å². The fourth-order valence-electron chi connectivity index (χ4n) is 2.53. The molecule has 0 aliphatic heterocycles. The Hall–Kier alpha value is -3.68. The number of anilines is 1. The molecule has 0 aliphatic carbocycles. The molecule has 8 heteroatoms. The predicted molar refractivity (Wildman–Crippen MR) is 100 cm³/mol. The number of methoxy groups -OCH3 is 1. The Balaban J connectivity index is 1.63. The standard InChI is InChI=1S/C19H19N5O3/c1-24(18(26)13-8-4-3-5-9-13)12-16(25)20-19-21-17(22-23-19)14-10-6-7-11-15(14)27-2/h3-11H,12H2,1-2H3,(H2,20,21,22,23,25). The van der Waals surface area contributed by atoms with Gasteiger partial charge in [0.25, 0.3) is 5.91 Å². The van der Waals surface area contributed by atoms with E-state index < -0.39 is 5.91 Å². The summed E-state index contributed by atoms with van der Waals surface area (Å²) < 4.78 is 5.29. The second-order valence-electron chi connectivity index (χ2n) is 5.78. The minimum Gasteiger partial charge on any atom is -0.496 e. The third-order valence-electron chi connectivity index (χ3n) is 3.85. The molecule has 138 valence electrons. The quantitative estimate of drug-likeness (QED) is 0.697. The summed E-state index contributed by atoms with van der Waals surface area (Å²) in [5.41, 5.74) is 1.24. The molecule has 2 N–H and O–H groups in total. The number of nitrogens with one attached hydrogen (secondary N) is 2. The molecule has 2 aromatic carbocycles. The molecule has 3 aromatic rings. The number of ether oxygens (including phenoxy) is 1. The number of nitrogens with zero attached hydrogens (tertiary/aromatic N) is 3. The van der Waals surface area contributed by atoms with E-state index >= 15 is 0 Å². The van der Waals surface area contributed by atoms with Crippen molar-refractivity contribution >= 4 is 17.8 Å². The van der Waals surface area contributed by atoms with Crippen LogP contribution in [0.2, 0.25) is 0 Å². The van der Waals surface area contributed by atoms with Gasteiger partial charge >= 0.3 is 0 Å². The molecule has 0 saturated carbocycles. The number of aromatic amines is 1. The number of H-pyrrole nitrogens is 1. The third-order valence-corrected chi connectivity index (χ3v) is 3.85. The number of carbonyl (C=O) groups is 2. The number of amides is 2. The maximum atomic E-state index is 12.3. The van der Waals surface area contributed by atoms with E-state index in [1.807, 2.05) is 24.3 Å². The molecule has 0 bridgehead atoms. The SMILES string of the molecule is COc1ccccc1-c1nc(NC(=O)CN(C)C(=O)c2ccccc2)n[nH]1. The van der Waals surface area contributed by atoms with Crippen molar-refractivity contribution in [3.8, 4) is 17.1 Å². The Morgan fingerprint density at radius 3 is 2.56 bits per heavy atom. The number of hydrogen-bond acceptors (Lipinski definition) is 5. The molecular formula is C19H19N5O3. The molecule has 0 fully saturated rings. The van der Waals surface area contributed by atoms with E-state index in [1.54, 1.807) is 44.5 Å². The van der Waals surface area contributed by atoms with Crippen molar-refractivity contribution in [3.63, 3.8) is 0 Å². The zero-order chi connectivity index (χ0) is 19.2. The van der Waals surface area contributed by atoms with Gasteiger partial charge < -0.3 is 9.64 Å². The Bertz CT molecular complexity index is 939. The van der Waals surface area contributed by atoms with Crippen LogP contribution in [0.25, 0.3) is 11.4 Å². The molecule has 1 aromatic heterocycles. The van der Waals surface area contributed by atoms with E-state index in [4.69, 9.17) is 4.74 Å². The highest BCUT2D eigenvalue weighted by molar-refractivity contribution is 5.98. The molecule has 27 heavy (non-hydrogen) atoms. The van der Waals surface area contributed by atoms with Crippen molar-refractivity contribution in [1.29, 1.82) is 0 Å². The first kappa shape index (κ1) is 18.1. The Morgan fingerprint density at radius 2 is 1.81 bits per heavy atom. The van der Waals surface area contributed by atoms with E-state index in [-0.39, 0.29) is 18.4 Å². The van der Waals surface area contributed by atoms with Crippen LogP contribution in [-0.4, -0.2) is 52.6 Å². The van der Waals surface area contributed by atoms with Gasteiger partial charge in [-0.2, -0.15) is 4.98 Å². The van der Waals surface area contributed by atoms with Crippen LogP contribution < -0.4 is 10.1 Å². The number of hydrogen-bond donors (Lipinski definition) is 2. The maximum Gasteiger partial charge on any atom is 0.254 e. The predicted octanol–water partition coefficient (Wildman–Crippen LogP) is 2.19. The van der Waals surface area contributed by atoms with Crippen LogP contribution in [0.3, 0.4) is 0 Å². The van der Waals surface area contributed by atoms with Crippen molar-refractivity contribution in [2.75, 3.05) is 26.0 Å². The van der Waals surface area contributed by atoms with Crippen molar-refractivity contribution in [2.24, 2.45) is 0 Å². The van der Waals surface area contributed by atoms with Crippen molar-refractivity contribution < 1.29 is 14.3 Å². The van der Waals surface area contributed by atoms with Crippen LogP contribution in [0.5, 0.6) is 5.75 Å². The second kappa shape index (κ2) is 8.13. The lowest BCUT2D eigenvalue weighted by atomic mass is 10.2. The number of benzene rings is 2. The van der Waals surface area contributed by atoms with Gasteiger partial charge in [0, 0.05) is 12.6 Å². The second-order valence-corrected chi connectivity index (χ2v) is 5.78. The molecule has 1 heterocycles. The van der Waals surface area contributed by atoms with Gasteiger partial charge in [0.05, 0.1) is 19.2 Å². The first-order valence-electron chi connectivity index (χ1n) is 8.24. The molecular weight excluding hydrogens is 346 g/mol. The Kier molecular flexibility index (Phi) is 5.46. The third kappa shape index (κ3) is 4.30. The fraction of sp³-hybridized carbons (Fsp3) is 0.158. The Morgan fingerprint density at radius 1 is 1.11 bits per heavy atom. The highest BCUT2D eigenvalue weighted by Crippen LogP contribution is 2.26. The van der Waals surface area contributed by atoms with Gasteiger partial charge in [-0.1, -0.05) is 30.3 Å². The number of carbonyl (C=O) groups excluding carboxylic acids is 2. The summed E-state index contributed by atoms with van der Waals surface area (Å²) in [5.74, 6) is 0.598. The van der Waals surface area contributed by atoms with Crippen LogP contribution in [0, 0.1) is 0 Å². The summed E-state index contributed by atoms with van der Waals surface area (Å²) in [7, 11) is 3.13. The fourth-order valence-corrected chi connectivity index (χ4v) is 2.53. The lowest BCUT2D eigenvalue weighted by Crippen LogP contribution is -2.35. The van der Waals surface area contributed by atoms with Gasteiger partial charge in [-0.15, -0.1) is 5.10 Å². The van der Waals surface area contributed by atoms with Crippen molar-refractivity contribution in [2.45, 2.75) is 0 Å². The van der Waals surface area contributed by atoms with E-state index in [1.165, 1.54) is 4.90 Å². The van der Waals surface area contributed by atoms with E-state index in [9.17, 15) is 9.59 Å². The molecule has 0 aliphatic rings. The average Bonchev–Trinajstić information content (AvgIpc) is 3.16. The monoisotopic (exact) mass is 365 g/mol. The van der Waals surface area contributed by atoms with Crippen LogP contribution in [0.15, 0.2) is 54.6 Å². The molecule has 0 atom stereocenters. The van der Waals surface area contributed by atoms with E-state index in [2.05, 4.69) is 20.5 Å². The van der Waals surface area contributed by atoms with Gasteiger partial charge in [0.15, 0.2) is 5.82 Å². The van der Waals surface area contributed by atoms with Gasteiger partial charge in [-0.05, 0) is 24.3 Å². The molecule has 0 spiro atoms. The van der Waals surface area contributed by atoms with Crippen LogP contribution in [-0.2, 0) is 4.79 Å². The number of likely N-dealkylation sites (N-methyl/N-ethyl adjacent to an activating group) is 1. The normalized spacial score (nSPS) is 10.3. The summed E-state index contributed by atoms with van der Waals surface area (Å²) in [4.78, 5) is 30.1. The van der Waals surface area contributed by atoms with Gasteiger partial charge in [-0.3, -0.25) is 20.0 Å². The van der Waals surface area contributed by atoms with E-state index in [0.717, 1.165) is 5.56 Å². The topological polar surface area (TPSA) is 100 Å². The average molecular weight is 365 g/mol. The minimum absolute atomic E-state index is 0.119. The number of para-hydroxylation sites is 1. The molecule has 0 radical (unpaired) electrons. The highest BCUT2D eigenvalue weighted by atomic mass is 16.5. The summed E-state index contributed by atoms with van der Waals surface area (Å²) in [6.07, 6.45) is 0. The zero-order valence-electron chi connectivity index (χ0n) is 15.0. The number of rotatable bonds is 6. The Labute approximate surface area is 156 Å². The van der Waals surface area contributed by atoms with Gasteiger partial charge in [-0.25, -0.2) is 0 Å². The molecule has 8 nitrogen and oxygen atoms in total. The first-order valence-corrected chi connectivity index (χ1v) is 8.24. The minimum atomic E-state index is -0.396. The lowest BCUT2D eigenvalue weighted by Gasteiger charge is -2.16. The van der Waals surface area contributed by atoms with Crippen LogP contribution in [0.1, 0.15) is 10.4 Å². The van der Waals surface area contributed by atoms with E-state index in [0.29, 0.717) is 17.1 Å². The molecule has 3 rings (SSSR count). The largest absolute Gasteiger partial charge is 0.496 e. The smallest absolute Gasteiger partial charge is 0.254 e. The number of aromatic nitrogens is 3. The molecule has 0 unspecified atom stereocenters. The highest BCUT2D eigenvalue weighted by Gasteiger charge is 2.16. The molecule has 2 amide bonds. The summed E-state index contributed by atoms with van der Waals surface area (Å²) in [6, 6.07) is 16.1. The molecule has 0 saturated heterocycles. The van der Waals surface area contributed by atoms with Crippen LogP contribution >= 0.6 is 0 Å². The van der Waals surface area contributed by atoms with Crippen molar-refractivity contribution in [3.05, 3.63) is 60.2 Å². The summed E-state index contributed by atoms with van der Waals surface area (Å²) in [6.45, 7) is -0.119.